The molecule has 58 heavy (non-hydrogen) atoms. The van der Waals surface area contributed by atoms with Crippen molar-refractivity contribution in [1.29, 1.82) is 0 Å². The summed E-state index contributed by atoms with van der Waals surface area (Å²) in [6, 6.07) is 0. The number of esters is 3. The highest BCUT2D eigenvalue weighted by molar-refractivity contribution is 5.78. The van der Waals surface area contributed by atoms with Crippen LogP contribution in [0.4, 0.5) is 39.5 Å². The first kappa shape index (κ1) is 50.1. The van der Waals surface area contributed by atoms with Gasteiger partial charge in [0, 0.05) is 0 Å². The second-order valence-corrected chi connectivity index (χ2v) is 19.3. The van der Waals surface area contributed by atoms with E-state index < -0.39 is 83.8 Å². The van der Waals surface area contributed by atoms with E-state index >= 15 is 0 Å². The van der Waals surface area contributed by atoms with E-state index in [-0.39, 0.29) is 23.4 Å². The fourth-order valence-corrected chi connectivity index (χ4v) is 9.27. The van der Waals surface area contributed by atoms with Crippen LogP contribution in [0.15, 0.2) is 0 Å². The molecule has 0 aromatic carbocycles. The van der Waals surface area contributed by atoms with Crippen molar-refractivity contribution in [2.75, 3.05) is 0 Å². The van der Waals surface area contributed by atoms with E-state index in [1.165, 1.54) is 32.6 Å². The lowest BCUT2D eigenvalue weighted by molar-refractivity contribution is -0.260. The van der Waals surface area contributed by atoms with E-state index in [1.807, 2.05) is 13.8 Å². The van der Waals surface area contributed by atoms with Crippen molar-refractivity contribution in [2.24, 2.45) is 57.7 Å². The smallest absolute Gasteiger partial charge is 0.425 e. The molecule has 5 saturated carbocycles. The SMILES string of the molecule is CCC(C)(C(=O)OC1CC2CC(CC(C)(O)C(F)(F)F)C1C2)C(F)(F)F.CCC(C)(C)C(=O)OC(C)C(F)(F)F.CCC(C)(C)C(=O)OC1CC2CC1C1CCCC21. The average molecular weight is 853 g/mol. The first-order chi connectivity index (χ1) is 26.3. The van der Waals surface area contributed by atoms with Crippen LogP contribution in [0.3, 0.4) is 0 Å². The number of carbonyl (C=O) groups excluding carboxylic acids is 3. The van der Waals surface area contributed by atoms with Crippen molar-refractivity contribution in [3.63, 3.8) is 0 Å². The highest BCUT2D eigenvalue weighted by atomic mass is 19.4. The van der Waals surface area contributed by atoms with Gasteiger partial charge < -0.3 is 19.3 Å². The molecule has 1 N–H and O–H groups in total. The Morgan fingerprint density at radius 2 is 1.14 bits per heavy atom. The number of ether oxygens (including phenoxy) is 3. The summed E-state index contributed by atoms with van der Waals surface area (Å²) < 4.78 is 130. The summed E-state index contributed by atoms with van der Waals surface area (Å²) in [5.41, 5.74) is -6.68. The van der Waals surface area contributed by atoms with Gasteiger partial charge in [0.15, 0.2) is 17.1 Å². The highest BCUT2D eigenvalue weighted by Gasteiger charge is 2.60. The first-order valence-electron chi connectivity index (χ1n) is 20.8. The van der Waals surface area contributed by atoms with Gasteiger partial charge in [-0.1, -0.05) is 27.2 Å². The highest BCUT2D eigenvalue weighted by Crippen LogP contribution is 2.60. The number of halogens is 9. The third kappa shape index (κ3) is 11.2. The van der Waals surface area contributed by atoms with Gasteiger partial charge in [-0.2, -0.15) is 39.5 Å². The molecule has 0 aliphatic heterocycles. The lowest BCUT2D eigenvalue weighted by atomic mass is 9.79. The number of hydrogen-bond donors (Lipinski definition) is 1. The minimum absolute atomic E-state index is 0.00519. The average Bonchev–Trinajstić information content (AvgIpc) is 3.93. The fraction of sp³-hybridized carbons (Fsp3) is 0.929. The maximum absolute atomic E-state index is 13.2. The summed E-state index contributed by atoms with van der Waals surface area (Å²) in [5, 5.41) is 9.70. The zero-order chi connectivity index (χ0) is 44.6. The minimum Gasteiger partial charge on any atom is -0.462 e. The molecule has 5 fully saturated rings. The monoisotopic (exact) mass is 852 g/mol. The summed E-state index contributed by atoms with van der Waals surface area (Å²) in [4.78, 5) is 35.6. The number of alkyl halides is 9. The summed E-state index contributed by atoms with van der Waals surface area (Å²) in [7, 11) is 0. The first-order valence-corrected chi connectivity index (χ1v) is 20.8. The number of rotatable bonds is 11. The lowest BCUT2D eigenvalue weighted by Gasteiger charge is -2.36. The summed E-state index contributed by atoms with van der Waals surface area (Å²) >= 11 is 0. The van der Waals surface area contributed by atoms with Gasteiger partial charge in [0.25, 0.3) is 0 Å². The Balaban J connectivity index is 0.000000246. The lowest BCUT2D eigenvalue weighted by Crippen LogP contribution is -2.47. The molecule has 5 rings (SSSR count). The molecule has 0 aromatic rings. The van der Waals surface area contributed by atoms with Crippen LogP contribution in [-0.4, -0.2) is 65.5 Å². The molecule has 0 heterocycles. The van der Waals surface area contributed by atoms with Crippen molar-refractivity contribution in [2.45, 2.75) is 189 Å². The molecule has 0 saturated heterocycles. The zero-order valence-electron chi connectivity index (χ0n) is 35.6. The molecular weight excluding hydrogens is 787 g/mol. The largest absolute Gasteiger partial charge is 0.462 e. The molecular formula is C42H65F9O7. The Morgan fingerprint density at radius 3 is 1.62 bits per heavy atom. The van der Waals surface area contributed by atoms with Gasteiger partial charge in [-0.15, -0.1) is 0 Å². The molecule has 12 atom stereocenters. The molecule has 4 bridgehead atoms. The topological polar surface area (TPSA) is 99.1 Å². The fourth-order valence-electron chi connectivity index (χ4n) is 9.27. The molecule has 16 heteroatoms. The quantitative estimate of drug-likeness (QED) is 0.126. The molecule has 0 aromatic heterocycles. The Morgan fingerprint density at radius 1 is 0.621 bits per heavy atom. The summed E-state index contributed by atoms with van der Waals surface area (Å²) in [5.74, 6) is 0.257. The second kappa shape index (κ2) is 18.0. The number of carbonyl (C=O) groups is 3. The molecule has 7 nitrogen and oxygen atoms in total. The summed E-state index contributed by atoms with van der Waals surface area (Å²) in [6.45, 7) is 14.4. The van der Waals surface area contributed by atoms with Crippen LogP contribution in [0.1, 0.15) is 146 Å². The van der Waals surface area contributed by atoms with E-state index in [4.69, 9.17) is 9.47 Å². The van der Waals surface area contributed by atoms with Crippen molar-refractivity contribution < 1.29 is 73.2 Å². The molecule has 5 aliphatic carbocycles. The Kier molecular flexibility index (Phi) is 15.5. The van der Waals surface area contributed by atoms with E-state index in [9.17, 15) is 59.0 Å². The van der Waals surface area contributed by atoms with Gasteiger partial charge in [0.05, 0.1) is 10.8 Å². The molecule has 12 unspecified atom stereocenters. The maximum Gasteiger partial charge on any atom is 0.425 e. The van der Waals surface area contributed by atoms with Gasteiger partial charge >= 0.3 is 36.4 Å². The van der Waals surface area contributed by atoms with Gasteiger partial charge in [-0.05, 0) is 161 Å². The van der Waals surface area contributed by atoms with Crippen molar-refractivity contribution >= 4 is 17.9 Å². The maximum atomic E-state index is 13.2. The van der Waals surface area contributed by atoms with Crippen molar-refractivity contribution in [3.8, 4) is 0 Å². The third-order valence-corrected chi connectivity index (χ3v) is 14.4. The molecule has 0 amide bonds. The Labute approximate surface area is 337 Å². The van der Waals surface area contributed by atoms with Crippen LogP contribution >= 0.6 is 0 Å². The van der Waals surface area contributed by atoms with Gasteiger partial charge in [-0.3, -0.25) is 14.4 Å². The zero-order valence-corrected chi connectivity index (χ0v) is 35.6. The van der Waals surface area contributed by atoms with Crippen LogP contribution in [0.25, 0.3) is 0 Å². The van der Waals surface area contributed by atoms with E-state index in [0.29, 0.717) is 38.5 Å². The Bertz CT molecular complexity index is 1420. The van der Waals surface area contributed by atoms with Gasteiger partial charge in [0.2, 0.25) is 0 Å². The summed E-state index contributed by atoms with van der Waals surface area (Å²) in [6.07, 6.45) is -8.37. The van der Waals surface area contributed by atoms with Crippen molar-refractivity contribution in [1.82, 2.24) is 0 Å². The molecule has 5 aliphatic rings. The van der Waals surface area contributed by atoms with Crippen LogP contribution in [0, 0.1) is 57.7 Å². The van der Waals surface area contributed by atoms with Gasteiger partial charge in [0.1, 0.15) is 12.2 Å². The standard InChI is InChI=1S/C17H24F6O3.C16H26O2.C9H15F3O2/c1-4-14(2,16(18,19)20)13(24)26-12-7-9-5-10(11(12)6-9)8-15(3,25)17(21,22)23;1-4-16(2,3)15(17)18-14-9-10-8-13(14)12-7-5-6-11(10)12;1-5-8(3,4)7(13)14-6(2)9(10,11)12/h9-12,25H,4-8H2,1-3H3;10-14H,4-9H2,1-3H3;6H,5H2,1-4H3. The van der Waals surface area contributed by atoms with E-state index in [0.717, 1.165) is 44.4 Å². The van der Waals surface area contributed by atoms with Crippen LogP contribution < -0.4 is 0 Å². The van der Waals surface area contributed by atoms with Crippen LogP contribution in [0.2, 0.25) is 0 Å². The number of hydrogen-bond acceptors (Lipinski definition) is 7. The van der Waals surface area contributed by atoms with Crippen molar-refractivity contribution in [3.05, 3.63) is 0 Å². The van der Waals surface area contributed by atoms with Crippen LogP contribution in [0.5, 0.6) is 0 Å². The van der Waals surface area contributed by atoms with Crippen LogP contribution in [-0.2, 0) is 28.6 Å². The third-order valence-electron chi connectivity index (χ3n) is 14.4. The van der Waals surface area contributed by atoms with Gasteiger partial charge in [-0.25, -0.2) is 0 Å². The minimum atomic E-state index is -4.79. The van der Waals surface area contributed by atoms with E-state index in [2.05, 4.69) is 11.7 Å². The molecule has 338 valence electrons. The number of fused-ring (bicyclic) bond motifs is 7. The Hall–Kier alpha value is -2.26. The van der Waals surface area contributed by atoms with E-state index in [1.54, 1.807) is 20.8 Å². The molecule has 0 radical (unpaired) electrons. The predicted molar refractivity (Wildman–Crippen MR) is 197 cm³/mol. The second-order valence-electron chi connectivity index (χ2n) is 19.3. The molecule has 0 spiro atoms. The normalized spacial score (nSPS) is 31.8. The predicted octanol–water partition coefficient (Wildman–Crippen LogP) is 11.3. The number of aliphatic hydroxyl groups is 1.